The van der Waals surface area contributed by atoms with Crippen LogP contribution in [-0.2, 0) is 0 Å². The van der Waals surface area contributed by atoms with E-state index in [2.05, 4.69) is 17.1 Å². The molecule has 0 spiro atoms. The lowest BCUT2D eigenvalue weighted by molar-refractivity contribution is 0.154. The van der Waals surface area contributed by atoms with Gasteiger partial charge in [-0.15, -0.1) is 24.8 Å². The molecule has 3 nitrogen and oxygen atoms in total. The Morgan fingerprint density at radius 3 is 2.33 bits per heavy atom. The van der Waals surface area contributed by atoms with Crippen molar-refractivity contribution < 1.29 is 5.11 Å². The van der Waals surface area contributed by atoms with Crippen molar-refractivity contribution in [2.75, 3.05) is 32.8 Å². The number of hydrogen-bond acceptors (Lipinski definition) is 3. The lowest BCUT2D eigenvalue weighted by Gasteiger charge is -2.33. The molecule has 1 saturated heterocycles. The molecule has 1 aliphatic heterocycles. The van der Waals surface area contributed by atoms with Gasteiger partial charge in [0.25, 0.3) is 0 Å². The highest BCUT2D eigenvalue weighted by Crippen LogP contribution is 2.11. The predicted molar refractivity (Wildman–Crippen MR) is 69.3 cm³/mol. The fraction of sp³-hybridized carbons (Fsp3) is 1.00. The minimum Gasteiger partial charge on any atom is -0.396 e. The Bertz CT molecular complexity index is 133. The Morgan fingerprint density at radius 2 is 1.87 bits per heavy atom. The van der Waals surface area contributed by atoms with Gasteiger partial charge >= 0.3 is 0 Å². The fourth-order valence-corrected chi connectivity index (χ4v) is 2.04. The monoisotopic (exact) mass is 258 g/mol. The SMILES string of the molecule is CCN(CCCO)C1CCNCC1.Cl.Cl. The van der Waals surface area contributed by atoms with Crippen LogP contribution in [0.4, 0.5) is 0 Å². The Hall–Kier alpha value is 0.460. The summed E-state index contributed by atoms with van der Waals surface area (Å²) in [5, 5.41) is 12.1. The molecule has 1 aliphatic rings. The zero-order valence-electron chi connectivity index (χ0n) is 9.45. The Labute approximate surface area is 105 Å². The number of aliphatic hydroxyl groups excluding tert-OH is 1. The van der Waals surface area contributed by atoms with Gasteiger partial charge in [-0.3, -0.25) is 0 Å². The van der Waals surface area contributed by atoms with E-state index < -0.39 is 0 Å². The zero-order chi connectivity index (χ0) is 9.52. The largest absolute Gasteiger partial charge is 0.396 e. The zero-order valence-corrected chi connectivity index (χ0v) is 11.1. The van der Waals surface area contributed by atoms with Gasteiger partial charge in [-0.1, -0.05) is 6.92 Å². The molecule has 2 N–H and O–H groups in total. The molecule has 0 saturated carbocycles. The van der Waals surface area contributed by atoms with Gasteiger partial charge in [-0.2, -0.15) is 0 Å². The van der Waals surface area contributed by atoms with E-state index in [0.29, 0.717) is 6.61 Å². The molecule has 0 aliphatic carbocycles. The van der Waals surface area contributed by atoms with Crippen LogP contribution >= 0.6 is 24.8 Å². The minimum absolute atomic E-state index is 0. The van der Waals surface area contributed by atoms with Crippen molar-refractivity contribution in [3.8, 4) is 0 Å². The van der Waals surface area contributed by atoms with E-state index >= 15 is 0 Å². The van der Waals surface area contributed by atoms with Crippen LogP contribution in [0.5, 0.6) is 0 Å². The highest BCUT2D eigenvalue weighted by Gasteiger charge is 2.18. The summed E-state index contributed by atoms with van der Waals surface area (Å²) in [6, 6.07) is 0.748. The second kappa shape index (κ2) is 11.0. The number of nitrogens with zero attached hydrogens (tertiary/aromatic N) is 1. The topological polar surface area (TPSA) is 35.5 Å². The van der Waals surface area contributed by atoms with Crippen LogP contribution in [0, 0.1) is 0 Å². The molecule has 15 heavy (non-hydrogen) atoms. The lowest BCUT2D eigenvalue weighted by Crippen LogP contribution is -2.43. The van der Waals surface area contributed by atoms with Crippen LogP contribution in [0.15, 0.2) is 0 Å². The van der Waals surface area contributed by atoms with Crippen molar-refractivity contribution in [2.45, 2.75) is 32.2 Å². The van der Waals surface area contributed by atoms with Crippen LogP contribution in [0.2, 0.25) is 0 Å². The molecular formula is C10H24Cl2N2O. The summed E-state index contributed by atoms with van der Waals surface area (Å²) in [5.74, 6) is 0. The van der Waals surface area contributed by atoms with Gasteiger partial charge in [0.2, 0.25) is 0 Å². The molecule has 5 heteroatoms. The summed E-state index contributed by atoms with van der Waals surface area (Å²) in [6.45, 7) is 7.00. The first-order chi connectivity index (χ1) is 6.38. The summed E-state index contributed by atoms with van der Waals surface area (Å²) in [6.07, 6.45) is 3.44. The van der Waals surface area contributed by atoms with Crippen LogP contribution in [0.3, 0.4) is 0 Å². The number of rotatable bonds is 5. The van der Waals surface area contributed by atoms with Gasteiger partial charge in [0.15, 0.2) is 0 Å². The van der Waals surface area contributed by atoms with Crippen molar-refractivity contribution in [1.29, 1.82) is 0 Å². The molecule has 1 heterocycles. The fourth-order valence-electron chi connectivity index (χ4n) is 2.04. The van der Waals surface area contributed by atoms with Crippen molar-refractivity contribution in [1.82, 2.24) is 10.2 Å². The third kappa shape index (κ3) is 6.59. The molecule has 0 aromatic heterocycles. The first-order valence-corrected chi connectivity index (χ1v) is 5.44. The first-order valence-electron chi connectivity index (χ1n) is 5.44. The average Bonchev–Trinajstić information content (AvgIpc) is 2.21. The maximum atomic E-state index is 8.77. The van der Waals surface area contributed by atoms with Crippen LogP contribution in [0.1, 0.15) is 26.2 Å². The van der Waals surface area contributed by atoms with Gasteiger partial charge in [-0.05, 0) is 38.9 Å². The number of piperidine rings is 1. The van der Waals surface area contributed by atoms with E-state index in [4.69, 9.17) is 5.11 Å². The average molecular weight is 259 g/mol. The van der Waals surface area contributed by atoms with E-state index in [1.54, 1.807) is 0 Å². The molecule has 0 radical (unpaired) electrons. The van der Waals surface area contributed by atoms with E-state index in [0.717, 1.165) is 38.6 Å². The normalized spacial score (nSPS) is 17.0. The summed E-state index contributed by atoms with van der Waals surface area (Å²) in [4.78, 5) is 2.50. The first kappa shape index (κ1) is 17.8. The number of nitrogens with one attached hydrogen (secondary N) is 1. The molecule has 0 aromatic carbocycles. The molecule has 1 fully saturated rings. The molecule has 0 atom stereocenters. The van der Waals surface area contributed by atoms with Crippen molar-refractivity contribution in [3.63, 3.8) is 0 Å². The third-order valence-electron chi connectivity index (χ3n) is 2.83. The van der Waals surface area contributed by atoms with Crippen LogP contribution in [-0.4, -0.2) is 48.8 Å². The molecule has 0 amide bonds. The summed E-state index contributed by atoms with van der Waals surface area (Å²) >= 11 is 0. The van der Waals surface area contributed by atoms with E-state index in [1.807, 2.05) is 0 Å². The lowest BCUT2D eigenvalue weighted by atomic mass is 10.0. The highest BCUT2D eigenvalue weighted by molar-refractivity contribution is 5.85. The Kier molecular flexibility index (Phi) is 13.0. The molecule has 0 unspecified atom stereocenters. The number of aliphatic hydroxyl groups is 1. The van der Waals surface area contributed by atoms with E-state index in [-0.39, 0.29) is 24.8 Å². The van der Waals surface area contributed by atoms with Gasteiger partial charge in [-0.25, -0.2) is 0 Å². The molecular weight excluding hydrogens is 235 g/mol. The third-order valence-corrected chi connectivity index (χ3v) is 2.83. The minimum atomic E-state index is 0. The maximum absolute atomic E-state index is 8.77. The van der Waals surface area contributed by atoms with Crippen molar-refractivity contribution in [3.05, 3.63) is 0 Å². The van der Waals surface area contributed by atoms with Gasteiger partial charge in [0, 0.05) is 19.2 Å². The molecule has 0 bridgehead atoms. The van der Waals surface area contributed by atoms with Crippen molar-refractivity contribution >= 4 is 24.8 Å². The molecule has 94 valence electrons. The van der Waals surface area contributed by atoms with Crippen LogP contribution < -0.4 is 5.32 Å². The standard InChI is InChI=1S/C10H22N2O.2ClH/c1-2-12(8-3-9-13)10-4-6-11-7-5-10;;/h10-11,13H,2-9H2,1H3;2*1H. The second-order valence-corrected chi connectivity index (χ2v) is 3.69. The Morgan fingerprint density at radius 1 is 1.27 bits per heavy atom. The van der Waals surface area contributed by atoms with Crippen LogP contribution in [0.25, 0.3) is 0 Å². The van der Waals surface area contributed by atoms with E-state index in [9.17, 15) is 0 Å². The maximum Gasteiger partial charge on any atom is 0.0443 e. The number of hydrogen-bond donors (Lipinski definition) is 2. The van der Waals surface area contributed by atoms with Gasteiger partial charge in [0.1, 0.15) is 0 Å². The van der Waals surface area contributed by atoms with E-state index in [1.165, 1.54) is 12.8 Å². The van der Waals surface area contributed by atoms with Gasteiger partial charge in [0.05, 0.1) is 0 Å². The second-order valence-electron chi connectivity index (χ2n) is 3.69. The summed E-state index contributed by atoms with van der Waals surface area (Å²) in [5.41, 5.74) is 0. The van der Waals surface area contributed by atoms with Crippen molar-refractivity contribution in [2.24, 2.45) is 0 Å². The summed E-state index contributed by atoms with van der Waals surface area (Å²) < 4.78 is 0. The summed E-state index contributed by atoms with van der Waals surface area (Å²) in [7, 11) is 0. The number of halogens is 2. The Balaban J connectivity index is 0. The molecule has 0 aromatic rings. The highest BCUT2D eigenvalue weighted by atomic mass is 35.5. The van der Waals surface area contributed by atoms with Gasteiger partial charge < -0.3 is 15.3 Å². The molecule has 1 rings (SSSR count). The quantitative estimate of drug-likeness (QED) is 0.781. The smallest absolute Gasteiger partial charge is 0.0443 e. The predicted octanol–water partition coefficient (Wildman–Crippen LogP) is 1.29.